The first kappa shape index (κ1) is 11.7. The first-order valence-corrected chi connectivity index (χ1v) is 6.41. The second kappa shape index (κ2) is 5.48. The molecule has 0 aliphatic carbocycles. The van der Waals surface area contributed by atoms with Crippen LogP contribution in [0.1, 0.15) is 0 Å². The Hall–Kier alpha value is -1.39. The highest BCUT2D eigenvalue weighted by Gasteiger charge is 2.14. The molecule has 0 saturated heterocycles. The Morgan fingerprint density at radius 1 is 1.47 bits per heavy atom. The van der Waals surface area contributed by atoms with E-state index in [4.69, 9.17) is 9.16 Å². The monoisotopic (exact) mass is 221 g/mol. The van der Waals surface area contributed by atoms with Gasteiger partial charge in [-0.2, -0.15) is 0 Å². The van der Waals surface area contributed by atoms with Crippen LogP contribution in [0.3, 0.4) is 0 Å². The minimum Gasteiger partial charge on any atom is -0.423 e. The Labute approximate surface area is 91.1 Å². The van der Waals surface area contributed by atoms with Crippen molar-refractivity contribution in [3.05, 3.63) is 36.9 Å². The molecule has 0 atom stereocenters. The van der Waals surface area contributed by atoms with Gasteiger partial charge < -0.3 is 9.16 Å². The van der Waals surface area contributed by atoms with Gasteiger partial charge in [0.05, 0.1) is 0 Å². The van der Waals surface area contributed by atoms with Crippen LogP contribution in [0.25, 0.3) is 0 Å². The topological polar surface area (TPSA) is 35.5 Å². The lowest BCUT2D eigenvalue weighted by Crippen LogP contribution is -2.31. The van der Waals surface area contributed by atoms with Gasteiger partial charge >= 0.3 is 5.97 Å². The Bertz CT molecular complexity index is 363. The summed E-state index contributed by atoms with van der Waals surface area (Å²) in [5.74, 6) is 0.106. The Balaban J connectivity index is 2.95. The van der Waals surface area contributed by atoms with Gasteiger partial charge in [0.2, 0.25) is 9.04 Å². The molecule has 0 aromatic heterocycles. The van der Waals surface area contributed by atoms with E-state index in [9.17, 15) is 4.79 Å². The molecule has 0 N–H and O–H groups in total. The van der Waals surface area contributed by atoms with Gasteiger partial charge in [0.15, 0.2) is 0 Å². The van der Waals surface area contributed by atoms with Crippen molar-refractivity contribution in [2.75, 3.05) is 7.11 Å². The average Bonchev–Trinajstić information content (AvgIpc) is 2.28. The van der Waals surface area contributed by atoms with Crippen molar-refractivity contribution in [3.8, 4) is 5.75 Å². The highest BCUT2D eigenvalue weighted by Crippen LogP contribution is 2.08. The Morgan fingerprint density at radius 3 is 2.73 bits per heavy atom. The number of hydrogen-bond acceptors (Lipinski definition) is 3. The van der Waals surface area contributed by atoms with Crippen LogP contribution in [-0.4, -0.2) is 22.1 Å². The zero-order valence-corrected chi connectivity index (χ0v) is 9.82. The van der Waals surface area contributed by atoms with Gasteiger partial charge in [-0.15, -0.1) is 0 Å². The molecule has 0 spiro atoms. The minimum absolute atomic E-state index is 0.451. The third-order valence-corrected chi connectivity index (χ3v) is 3.73. The smallest absolute Gasteiger partial charge is 0.335 e. The van der Waals surface area contributed by atoms with E-state index in [0.717, 1.165) is 11.3 Å². The van der Waals surface area contributed by atoms with Crippen LogP contribution in [0.4, 0.5) is 0 Å². The van der Waals surface area contributed by atoms with Gasteiger partial charge in [-0.05, 0) is 12.6 Å². The summed E-state index contributed by atoms with van der Waals surface area (Å²) in [6, 6.07) is 7.38. The molecular weight excluding hydrogens is 208 g/mol. The van der Waals surface area contributed by atoms with Crippen LogP contribution in [-0.2, 0) is 9.22 Å². The maximum atomic E-state index is 11.1. The standard InChI is InChI=1S/C11H13O3Si/c1-4-11(12)14-9-7-5-6-8-10(9)15(3)13-2/h4-8H,1H2,2-3H3. The van der Waals surface area contributed by atoms with Crippen LogP contribution >= 0.6 is 0 Å². The summed E-state index contributed by atoms with van der Waals surface area (Å²) in [6.45, 7) is 5.35. The normalized spacial score (nSPS) is 10.1. The van der Waals surface area contributed by atoms with E-state index in [1.54, 1.807) is 13.2 Å². The summed E-state index contributed by atoms with van der Waals surface area (Å²) in [5.41, 5.74) is 0. The molecule has 15 heavy (non-hydrogen) atoms. The van der Waals surface area contributed by atoms with Gasteiger partial charge in [0, 0.05) is 18.4 Å². The summed E-state index contributed by atoms with van der Waals surface area (Å²) in [5, 5.41) is 0.945. The lowest BCUT2D eigenvalue weighted by molar-refractivity contribution is -0.128. The molecule has 0 aliphatic heterocycles. The minimum atomic E-state index is -1.10. The Kier molecular flexibility index (Phi) is 4.27. The van der Waals surface area contributed by atoms with E-state index in [0.29, 0.717) is 5.75 Å². The van der Waals surface area contributed by atoms with Crippen LogP contribution < -0.4 is 9.92 Å². The third kappa shape index (κ3) is 3.04. The number of rotatable bonds is 4. The van der Waals surface area contributed by atoms with Gasteiger partial charge in [0.25, 0.3) is 0 Å². The molecule has 0 unspecified atom stereocenters. The number of esters is 1. The predicted molar refractivity (Wildman–Crippen MR) is 60.5 cm³/mol. The fourth-order valence-corrected chi connectivity index (χ4v) is 2.14. The van der Waals surface area contributed by atoms with Crippen molar-refractivity contribution in [1.82, 2.24) is 0 Å². The molecule has 0 amide bonds. The zero-order valence-electron chi connectivity index (χ0n) is 8.82. The second-order valence-corrected chi connectivity index (χ2v) is 4.94. The van der Waals surface area contributed by atoms with Gasteiger partial charge in [0.1, 0.15) is 5.75 Å². The Morgan fingerprint density at radius 2 is 2.13 bits per heavy atom. The van der Waals surface area contributed by atoms with Crippen molar-refractivity contribution in [3.63, 3.8) is 0 Å². The molecular formula is C11H13O3Si. The summed E-state index contributed by atoms with van der Waals surface area (Å²) in [4.78, 5) is 11.1. The maximum absolute atomic E-state index is 11.1. The lowest BCUT2D eigenvalue weighted by atomic mass is 10.3. The number of para-hydroxylation sites is 1. The van der Waals surface area contributed by atoms with Crippen LogP contribution in [0.15, 0.2) is 36.9 Å². The molecule has 0 saturated carbocycles. The van der Waals surface area contributed by atoms with Gasteiger partial charge in [-0.3, -0.25) is 0 Å². The molecule has 1 rings (SSSR count). The summed E-state index contributed by atoms with van der Waals surface area (Å²) in [7, 11) is 0.552. The average molecular weight is 221 g/mol. The zero-order chi connectivity index (χ0) is 11.3. The van der Waals surface area contributed by atoms with Crippen LogP contribution in [0.2, 0.25) is 6.55 Å². The van der Waals surface area contributed by atoms with Gasteiger partial charge in [-0.25, -0.2) is 4.79 Å². The maximum Gasteiger partial charge on any atom is 0.335 e. The fourth-order valence-electron chi connectivity index (χ4n) is 1.11. The van der Waals surface area contributed by atoms with Crippen molar-refractivity contribution < 1.29 is 14.0 Å². The number of carbonyl (C=O) groups is 1. The fraction of sp³-hybridized carbons (Fsp3) is 0.182. The quantitative estimate of drug-likeness (QED) is 0.332. The number of carbonyl (C=O) groups excluding carboxylic acids is 1. The molecule has 0 fully saturated rings. The molecule has 1 aromatic rings. The van der Waals surface area contributed by atoms with Crippen LogP contribution in [0, 0.1) is 0 Å². The van der Waals surface area contributed by atoms with Gasteiger partial charge in [-0.1, -0.05) is 24.8 Å². The summed E-state index contributed by atoms with van der Waals surface area (Å²) in [6.07, 6.45) is 1.14. The van der Waals surface area contributed by atoms with E-state index < -0.39 is 15.0 Å². The third-order valence-electron chi connectivity index (χ3n) is 1.95. The molecule has 4 heteroatoms. The lowest BCUT2D eigenvalue weighted by Gasteiger charge is -2.11. The molecule has 0 bridgehead atoms. The van der Waals surface area contributed by atoms with E-state index in [1.807, 2.05) is 24.7 Å². The highest BCUT2D eigenvalue weighted by molar-refractivity contribution is 6.67. The number of ether oxygens (including phenoxy) is 1. The first-order valence-electron chi connectivity index (χ1n) is 4.50. The highest BCUT2D eigenvalue weighted by atomic mass is 28.3. The van der Waals surface area contributed by atoms with E-state index in [2.05, 4.69) is 6.58 Å². The van der Waals surface area contributed by atoms with Crippen molar-refractivity contribution in [2.24, 2.45) is 0 Å². The number of benzene rings is 1. The SMILES string of the molecule is C=CC(=O)Oc1ccccc1[Si](C)OC. The van der Waals surface area contributed by atoms with Crippen molar-refractivity contribution in [1.29, 1.82) is 0 Å². The van der Waals surface area contributed by atoms with Crippen molar-refractivity contribution >= 4 is 20.2 Å². The first-order chi connectivity index (χ1) is 7.19. The largest absolute Gasteiger partial charge is 0.423 e. The molecule has 79 valence electrons. The number of hydrogen-bond donors (Lipinski definition) is 0. The van der Waals surface area contributed by atoms with Crippen molar-refractivity contribution in [2.45, 2.75) is 6.55 Å². The molecule has 1 aromatic carbocycles. The van der Waals surface area contributed by atoms with E-state index >= 15 is 0 Å². The molecule has 1 radical (unpaired) electrons. The van der Waals surface area contributed by atoms with E-state index in [1.165, 1.54) is 0 Å². The second-order valence-electron chi connectivity index (χ2n) is 2.88. The molecule has 0 heterocycles. The summed E-state index contributed by atoms with van der Waals surface area (Å²) >= 11 is 0. The summed E-state index contributed by atoms with van der Waals surface area (Å²) < 4.78 is 10.4. The predicted octanol–water partition coefficient (Wildman–Crippen LogP) is 1.25. The molecule has 3 nitrogen and oxygen atoms in total. The molecule has 0 aliphatic rings. The van der Waals surface area contributed by atoms with Crippen LogP contribution in [0.5, 0.6) is 5.75 Å². The van der Waals surface area contributed by atoms with E-state index in [-0.39, 0.29) is 0 Å².